The molecule has 0 amide bonds. The van der Waals surface area contributed by atoms with Gasteiger partial charge in [0.15, 0.2) is 9.84 Å². The lowest BCUT2D eigenvalue weighted by Gasteiger charge is -2.33. The minimum Gasteiger partial charge on any atom is -0.229 e. The number of hydrogen-bond donors (Lipinski definition) is 0. The van der Waals surface area contributed by atoms with E-state index in [0.717, 1.165) is 29.0 Å². The van der Waals surface area contributed by atoms with Gasteiger partial charge in [0.2, 0.25) is 0 Å². The maximum atomic E-state index is 13.6. The Bertz CT molecular complexity index is 1380. The molecule has 0 aromatic heterocycles. The van der Waals surface area contributed by atoms with Crippen LogP contribution >= 0.6 is 86.9 Å². The molecule has 2 aliphatic rings. The molecule has 0 aliphatic heterocycles. The maximum absolute atomic E-state index is 13.6. The van der Waals surface area contributed by atoms with Crippen molar-refractivity contribution < 1.29 is 8.42 Å². The summed E-state index contributed by atoms with van der Waals surface area (Å²) >= 11 is 28.0. The molecule has 2 aliphatic carbocycles. The standard InChI is InChI=1S/C30H24Br4Cl2O2S/c31-25-7-1-21(2-8-25)13-15-29(35)17-27(33)11-5-23(29)19-39(37,38)20-24-6-12-28(34)18-30(24,36)16-14-22-3-9-26(32)10-4-22/h1-18,23-24H,19-20H2/b15-13+,16-14+. The third kappa shape index (κ3) is 8.67. The van der Waals surface area contributed by atoms with Crippen molar-refractivity contribution in [3.8, 4) is 0 Å². The average molecular weight is 839 g/mol. The van der Waals surface area contributed by atoms with E-state index in [1.807, 2.05) is 109 Å². The van der Waals surface area contributed by atoms with E-state index in [9.17, 15) is 8.42 Å². The normalized spacial score (nSPS) is 27.2. The summed E-state index contributed by atoms with van der Waals surface area (Å²) in [5, 5.41) is 0. The molecule has 4 rings (SSSR count). The first-order chi connectivity index (χ1) is 18.4. The monoisotopic (exact) mass is 834 g/mol. The minimum absolute atomic E-state index is 0.118. The van der Waals surface area contributed by atoms with Crippen LogP contribution in [0.5, 0.6) is 0 Å². The summed E-state index contributed by atoms with van der Waals surface area (Å²) in [6.45, 7) is 0. The summed E-state index contributed by atoms with van der Waals surface area (Å²) in [7, 11) is -3.58. The average Bonchev–Trinajstić information content (AvgIpc) is 2.87. The maximum Gasteiger partial charge on any atom is 0.151 e. The van der Waals surface area contributed by atoms with Gasteiger partial charge in [-0.1, -0.05) is 137 Å². The molecule has 39 heavy (non-hydrogen) atoms. The third-order valence-electron chi connectivity index (χ3n) is 6.50. The Morgan fingerprint density at radius 2 is 1.03 bits per heavy atom. The fraction of sp³-hybridized carbons (Fsp3) is 0.200. The summed E-state index contributed by atoms with van der Waals surface area (Å²) in [5.74, 6) is -1.16. The Balaban J connectivity index is 1.54. The van der Waals surface area contributed by atoms with E-state index in [0.29, 0.717) is 0 Å². The fourth-order valence-electron chi connectivity index (χ4n) is 4.36. The van der Waals surface area contributed by atoms with E-state index in [1.165, 1.54) is 0 Å². The van der Waals surface area contributed by atoms with Crippen LogP contribution in [0.3, 0.4) is 0 Å². The number of halogens is 6. The zero-order valence-electron chi connectivity index (χ0n) is 20.5. The molecule has 2 nitrogen and oxygen atoms in total. The number of alkyl halides is 2. The smallest absolute Gasteiger partial charge is 0.151 e. The molecule has 0 N–H and O–H groups in total. The lowest BCUT2D eigenvalue weighted by molar-refractivity contribution is 0.551. The summed E-state index contributed by atoms with van der Waals surface area (Å²) in [6, 6.07) is 15.7. The van der Waals surface area contributed by atoms with Crippen molar-refractivity contribution in [2.24, 2.45) is 11.8 Å². The molecule has 0 saturated carbocycles. The van der Waals surface area contributed by atoms with Crippen LogP contribution in [0.15, 0.2) is 115 Å². The van der Waals surface area contributed by atoms with Crippen molar-refractivity contribution in [1.29, 1.82) is 0 Å². The number of allylic oxidation sites excluding steroid dienone is 10. The molecule has 4 unspecified atom stereocenters. The van der Waals surface area contributed by atoms with Crippen molar-refractivity contribution in [3.05, 3.63) is 126 Å². The first kappa shape index (κ1) is 31.3. The molecule has 0 saturated heterocycles. The highest BCUT2D eigenvalue weighted by atomic mass is 79.9. The van der Waals surface area contributed by atoms with Gasteiger partial charge in [0.1, 0.15) is 0 Å². The van der Waals surface area contributed by atoms with Gasteiger partial charge in [-0.3, -0.25) is 0 Å². The lowest BCUT2D eigenvalue weighted by Crippen LogP contribution is -2.38. The number of hydrogen-bond acceptors (Lipinski definition) is 2. The molecule has 0 fully saturated rings. The largest absolute Gasteiger partial charge is 0.229 e. The molecule has 0 radical (unpaired) electrons. The van der Waals surface area contributed by atoms with E-state index < -0.39 is 31.4 Å². The second-order valence-corrected chi connectivity index (χ2v) is 16.6. The molecule has 0 heterocycles. The third-order valence-corrected chi connectivity index (χ3v) is 11.3. The molecule has 9 heteroatoms. The summed E-state index contributed by atoms with van der Waals surface area (Å²) in [6.07, 6.45) is 18.6. The van der Waals surface area contributed by atoms with Gasteiger partial charge in [-0.2, -0.15) is 0 Å². The Kier molecular flexibility index (Phi) is 10.5. The number of sulfone groups is 1. The van der Waals surface area contributed by atoms with Crippen LogP contribution in [-0.2, 0) is 9.84 Å². The Morgan fingerprint density at radius 3 is 1.38 bits per heavy atom. The molecule has 2 aromatic carbocycles. The Labute approximate surface area is 274 Å². The minimum atomic E-state index is -3.58. The quantitative estimate of drug-likeness (QED) is 0.248. The molecular weight excluding hydrogens is 815 g/mol. The SMILES string of the molecule is O=S(=O)(CC1C=CC(Br)=CC1(Cl)/C=C/c1ccc(Br)cc1)CC1C=CC(Br)=CC1(Cl)/C=C/c1ccc(Br)cc1. The van der Waals surface area contributed by atoms with Crippen LogP contribution in [-0.4, -0.2) is 29.7 Å². The van der Waals surface area contributed by atoms with Crippen LogP contribution < -0.4 is 0 Å². The Morgan fingerprint density at radius 1 is 0.667 bits per heavy atom. The summed E-state index contributed by atoms with van der Waals surface area (Å²) in [4.78, 5) is -2.03. The predicted molar refractivity (Wildman–Crippen MR) is 181 cm³/mol. The van der Waals surface area contributed by atoms with Gasteiger partial charge < -0.3 is 0 Å². The number of rotatable bonds is 8. The van der Waals surface area contributed by atoms with Crippen molar-refractivity contribution in [2.45, 2.75) is 9.75 Å². The van der Waals surface area contributed by atoms with Crippen LogP contribution in [0.4, 0.5) is 0 Å². The summed E-state index contributed by atoms with van der Waals surface area (Å²) in [5.41, 5.74) is 1.93. The van der Waals surface area contributed by atoms with Crippen molar-refractivity contribution in [1.82, 2.24) is 0 Å². The Hall–Kier alpha value is -0.670. The van der Waals surface area contributed by atoms with E-state index in [2.05, 4.69) is 63.7 Å². The highest BCUT2D eigenvalue weighted by Gasteiger charge is 2.40. The lowest BCUT2D eigenvalue weighted by atomic mass is 9.88. The van der Waals surface area contributed by atoms with Crippen molar-refractivity contribution >= 4 is 109 Å². The van der Waals surface area contributed by atoms with E-state index >= 15 is 0 Å². The van der Waals surface area contributed by atoms with E-state index in [1.54, 1.807) is 0 Å². The van der Waals surface area contributed by atoms with Crippen LogP contribution in [0.1, 0.15) is 11.1 Å². The van der Waals surface area contributed by atoms with Gasteiger partial charge in [-0.15, -0.1) is 23.2 Å². The molecule has 2 aromatic rings. The van der Waals surface area contributed by atoms with Crippen LogP contribution in [0, 0.1) is 11.8 Å². The van der Waals surface area contributed by atoms with Gasteiger partial charge in [0.05, 0.1) is 21.3 Å². The van der Waals surface area contributed by atoms with Crippen molar-refractivity contribution in [3.63, 3.8) is 0 Å². The predicted octanol–water partition coefficient (Wildman–Crippen LogP) is 10.2. The number of benzene rings is 2. The second-order valence-electron chi connectivity index (χ2n) is 9.49. The highest BCUT2D eigenvalue weighted by Crippen LogP contribution is 2.41. The summed E-state index contributed by atoms with van der Waals surface area (Å²) < 4.78 is 30.8. The van der Waals surface area contributed by atoms with Crippen LogP contribution in [0.2, 0.25) is 0 Å². The molecule has 204 valence electrons. The first-order valence-corrected chi connectivity index (χ1v) is 17.7. The van der Waals surface area contributed by atoms with Gasteiger partial charge in [0.25, 0.3) is 0 Å². The van der Waals surface area contributed by atoms with Gasteiger partial charge in [-0.05, 0) is 47.5 Å². The van der Waals surface area contributed by atoms with Gasteiger partial charge in [-0.25, -0.2) is 8.42 Å². The fourth-order valence-corrected chi connectivity index (χ4v) is 9.07. The van der Waals surface area contributed by atoms with E-state index in [4.69, 9.17) is 23.2 Å². The topological polar surface area (TPSA) is 34.1 Å². The van der Waals surface area contributed by atoms with Gasteiger partial charge >= 0.3 is 0 Å². The zero-order chi connectivity index (χ0) is 28.3. The molecular formula is C30H24Br4Cl2O2S. The van der Waals surface area contributed by atoms with Crippen LogP contribution in [0.25, 0.3) is 12.2 Å². The molecule has 4 atom stereocenters. The first-order valence-electron chi connectivity index (χ1n) is 12.0. The highest BCUT2D eigenvalue weighted by molar-refractivity contribution is 9.12. The molecule has 0 bridgehead atoms. The zero-order valence-corrected chi connectivity index (χ0v) is 29.1. The van der Waals surface area contributed by atoms with Crippen molar-refractivity contribution in [2.75, 3.05) is 11.5 Å². The second kappa shape index (κ2) is 13.1. The van der Waals surface area contributed by atoms with E-state index in [-0.39, 0.29) is 11.5 Å². The van der Waals surface area contributed by atoms with Gasteiger partial charge in [0, 0.05) is 29.7 Å². The molecule has 0 spiro atoms.